The predicted molar refractivity (Wildman–Crippen MR) is 130 cm³/mol. The van der Waals surface area contributed by atoms with Gasteiger partial charge in [0, 0.05) is 7.05 Å². The number of nitrogens with zero attached hydrogens (tertiary/aromatic N) is 2. The molecule has 0 spiro atoms. The van der Waals surface area contributed by atoms with Gasteiger partial charge in [-0.15, -0.1) is 11.3 Å². The lowest BCUT2D eigenvalue weighted by Gasteiger charge is -2.09. The number of hydrogen-bond acceptors (Lipinski definition) is 5. The number of aromatic nitrogens is 2. The van der Waals surface area contributed by atoms with Crippen molar-refractivity contribution in [3.05, 3.63) is 116 Å². The van der Waals surface area contributed by atoms with Crippen LogP contribution in [0.4, 0.5) is 0 Å². The number of aryl methyl sites for hydroxylation is 1. The van der Waals surface area contributed by atoms with E-state index in [9.17, 15) is 14.4 Å². The van der Waals surface area contributed by atoms with Gasteiger partial charge in [-0.3, -0.25) is 13.9 Å². The van der Waals surface area contributed by atoms with E-state index in [2.05, 4.69) is 0 Å². The van der Waals surface area contributed by atoms with Gasteiger partial charge < -0.3 is 4.74 Å². The van der Waals surface area contributed by atoms with Crippen LogP contribution in [0.3, 0.4) is 0 Å². The third kappa shape index (κ3) is 3.99. The molecule has 0 atom stereocenters. The molecule has 0 N–H and O–H groups in total. The number of benzene rings is 3. The second kappa shape index (κ2) is 8.52. The van der Waals surface area contributed by atoms with Gasteiger partial charge in [-0.1, -0.05) is 66.7 Å². The fourth-order valence-corrected chi connectivity index (χ4v) is 4.84. The molecule has 5 aromatic rings. The highest BCUT2D eigenvalue weighted by Crippen LogP contribution is 2.23. The van der Waals surface area contributed by atoms with Crippen LogP contribution in [-0.4, -0.2) is 15.1 Å². The second-order valence-electron chi connectivity index (χ2n) is 7.81. The zero-order valence-corrected chi connectivity index (χ0v) is 18.7. The molecule has 164 valence electrons. The van der Waals surface area contributed by atoms with Gasteiger partial charge in [0.1, 0.15) is 16.3 Å². The Morgan fingerprint density at radius 2 is 1.61 bits per heavy atom. The van der Waals surface area contributed by atoms with Crippen LogP contribution >= 0.6 is 11.3 Å². The van der Waals surface area contributed by atoms with Crippen molar-refractivity contribution in [1.82, 2.24) is 9.13 Å². The molecule has 0 amide bonds. The van der Waals surface area contributed by atoms with E-state index < -0.39 is 17.2 Å². The maximum atomic E-state index is 13.2. The van der Waals surface area contributed by atoms with E-state index in [-0.39, 0.29) is 18.0 Å². The molecule has 2 heterocycles. The topological polar surface area (TPSA) is 70.3 Å². The maximum absolute atomic E-state index is 13.2. The van der Waals surface area contributed by atoms with E-state index in [0.717, 1.165) is 33.2 Å². The number of thiophene rings is 1. The van der Waals surface area contributed by atoms with Crippen molar-refractivity contribution in [1.29, 1.82) is 0 Å². The van der Waals surface area contributed by atoms with Gasteiger partial charge in [-0.25, -0.2) is 9.59 Å². The first kappa shape index (κ1) is 20.9. The van der Waals surface area contributed by atoms with Crippen molar-refractivity contribution in [2.75, 3.05) is 0 Å². The minimum Gasteiger partial charge on any atom is -0.457 e. The summed E-state index contributed by atoms with van der Waals surface area (Å²) in [6.07, 6.45) is 0. The molecule has 0 aliphatic carbocycles. The van der Waals surface area contributed by atoms with E-state index in [4.69, 9.17) is 4.74 Å². The fraction of sp³-hybridized carbons (Fsp3) is 0.115. The van der Waals surface area contributed by atoms with E-state index in [1.54, 1.807) is 7.05 Å². The zero-order chi connectivity index (χ0) is 22.9. The summed E-state index contributed by atoms with van der Waals surface area (Å²) in [4.78, 5) is 39.5. The van der Waals surface area contributed by atoms with Crippen molar-refractivity contribution in [3.8, 4) is 0 Å². The van der Waals surface area contributed by atoms with Gasteiger partial charge in [-0.05, 0) is 34.0 Å². The van der Waals surface area contributed by atoms with Crippen molar-refractivity contribution in [3.63, 3.8) is 0 Å². The molecule has 0 radical (unpaired) electrons. The molecule has 7 heteroatoms. The Bertz CT molecular complexity index is 1610. The normalized spacial score (nSPS) is 11.2. The average molecular weight is 457 g/mol. The van der Waals surface area contributed by atoms with Crippen LogP contribution in [0.15, 0.2) is 88.5 Å². The fourth-order valence-electron chi connectivity index (χ4n) is 3.84. The Kier molecular flexibility index (Phi) is 5.40. The van der Waals surface area contributed by atoms with Crippen LogP contribution in [0.25, 0.3) is 21.0 Å². The standard InChI is InChI=1S/C26H20N2O4S/c1-27-24-21(14-22(33-24)25(30)32-16-17-7-3-2-4-8-17)23(29)28(26(27)31)15-18-11-12-19-9-5-6-10-20(19)13-18/h2-14H,15-16H2,1H3. The summed E-state index contributed by atoms with van der Waals surface area (Å²) in [5, 5.41) is 2.46. The first-order chi connectivity index (χ1) is 16.0. The quantitative estimate of drug-likeness (QED) is 0.369. The minimum atomic E-state index is -0.520. The molecule has 0 saturated carbocycles. The maximum Gasteiger partial charge on any atom is 0.348 e. The van der Waals surface area contributed by atoms with E-state index >= 15 is 0 Å². The van der Waals surface area contributed by atoms with Crippen LogP contribution < -0.4 is 11.2 Å². The molecule has 0 saturated heterocycles. The summed E-state index contributed by atoms with van der Waals surface area (Å²) < 4.78 is 8.02. The summed E-state index contributed by atoms with van der Waals surface area (Å²) in [5.74, 6) is -0.520. The summed E-state index contributed by atoms with van der Waals surface area (Å²) in [5.41, 5.74) is 0.883. The summed E-state index contributed by atoms with van der Waals surface area (Å²) in [7, 11) is 1.61. The number of hydrogen-bond donors (Lipinski definition) is 0. The largest absolute Gasteiger partial charge is 0.457 e. The molecule has 0 aliphatic heterocycles. The summed E-state index contributed by atoms with van der Waals surface area (Å²) in [6, 6.07) is 24.7. The van der Waals surface area contributed by atoms with E-state index in [1.165, 1.54) is 15.2 Å². The van der Waals surface area contributed by atoms with Crippen LogP contribution in [0, 0.1) is 0 Å². The lowest BCUT2D eigenvalue weighted by atomic mass is 10.1. The molecule has 0 fully saturated rings. The van der Waals surface area contributed by atoms with Crippen LogP contribution in [0.2, 0.25) is 0 Å². The first-order valence-corrected chi connectivity index (χ1v) is 11.2. The molecule has 0 aliphatic rings. The molecule has 2 aromatic heterocycles. The van der Waals surface area contributed by atoms with E-state index in [1.807, 2.05) is 72.8 Å². The van der Waals surface area contributed by atoms with Crippen LogP contribution in [0.5, 0.6) is 0 Å². The third-order valence-electron chi connectivity index (χ3n) is 5.58. The minimum absolute atomic E-state index is 0.138. The number of carbonyl (C=O) groups excluding carboxylic acids is 1. The Hall–Kier alpha value is -3.97. The Morgan fingerprint density at radius 3 is 2.39 bits per heavy atom. The molecule has 5 rings (SSSR count). The Morgan fingerprint density at radius 1 is 0.879 bits per heavy atom. The molecular formula is C26H20N2O4S. The zero-order valence-electron chi connectivity index (χ0n) is 17.9. The number of esters is 1. The highest BCUT2D eigenvalue weighted by atomic mass is 32.1. The van der Waals surface area contributed by atoms with Crippen molar-refractivity contribution < 1.29 is 9.53 Å². The molecule has 6 nitrogen and oxygen atoms in total. The second-order valence-corrected chi connectivity index (χ2v) is 8.84. The van der Waals surface area contributed by atoms with Crippen molar-refractivity contribution >= 4 is 38.3 Å². The third-order valence-corrected chi connectivity index (χ3v) is 6.77. The van der Waals surface area contributed by atoms with Gasteiger partial charge in [0.25, 0.3) is 5.56 Å². The van der Waals surface area contributed by atoms with Gasteiger partial charge in [-0.2, -0.15) is 0 Å². The molecule has 0 unspecified atom stereocenters. The monoisotopic (exact) mass is 456 g/mol. The molecular weight excluding hydrogens is 436 g/mol. The Balaban J connectivity index is 1.48. The highest BCUT2D eigenvalue weighted by Gasteiger charge is 2.19. The van der Waals surface area contributed by atoms with Crippen LogP contribution in [-0.2, 0) is 24.9 Å². The lowest BCUT2D eigenvalue weighted by molar-refractivity contribution is 0.0478. The number of fused-ring (bicyclic) bond motifs is 2. The van der Waals surface area contributed by atoms with Gasteiger partial charge in [0.15, 0.2) is 0 Å². The number of carbonyl (C=O) groups is 1. The summed E-state index contributed by atoms with van der Waals surface area (Å²) >= 11 is 1.09. The van der Waals surface area contributed by atoms with E-state index in [0.29, 0.717) is 10.2 Å². The average Bonchev–Trinajstić information content (AvgIpc) is 3.30. The molecule has 0 bridgehead atoms. The van der Waals surface area contributed by atoms with Crippen molar-refractivity contribution in [2.45, 2.75) is 13.2 Å². The van der Waals surface area contributed by atoms with Crippen molar-refractivity contribution in [2.24, 2.45) is 7.05 Å². The number of rotatable bonds is 5. The van der Waals surface area contributed by atoms with Crippen LogP contribution in [0.1, 0.15) is 20.8 Å². The van der Waals surface area contributed by atoms with Gasteiger partial charge in [0.05, 0.1) is 11.9 Å². The first-order valence-electron chi connectivity index (χ1n) is 10.4. The Labute approximate surface area is 192 Å². The lowest BCUT2D eigenvalue weighted by Crippen LogP contribution is -2.38. The predicted octanol–water partition coefficient (Wildman–Crippen LogP) is 4.32. The van der Waals surface area contributed by atoms with Gasteiger partial charge >= 0.3 is 11.7 Å². The summed E-state index contributed by atoms with van der Waals surface area (Å²) in [6.45, 7) is 0.287. The molecule has 33 heavy (non-hydrogen) atoms. The SMILES string of the molecule is Cn1c(=O)n(Cc2ccc3ccccc3c2)c(=O)c2cc(C(=O)OCc3ccccc3)sc21. The highest BCUT2D eigenvalue weighted by molar-refractivity contribution is 7.20. The van der Waals surface area contributed by atoms with Gasteiger partial charge in [0.2, 0.25) is 0 Å². The number of ether oxygens (including phenoxy) is 1. The molecule has 3 aromatic carbocycles. The smallest absolute Gasteiger partial charge is 0.348 e.